The Hall–Kier alpha value is -4.29. The third-order valence-corrected chi connectivity index (χ3v) is 9.94. The van der Waals surface area contributed by atoms with E-state index in [-0.39, 0.29) is 11.8 Å². The van der Waals surface area contributed by atoms with Gasteiger partial charge in [-0.05, 0) is 128 Å². The number of nitrogens with one attached hydrogen (secondary N) is 2. The summed E-state index contributed by atoms with van der Waals surface area (Å²) in [5, 5.41) is 11.7. The molecule has 1 aliphatic heterocycles. The summed E-state index contributed by atoms with van der Waals surface area (Å²) in [6.45, 7) is 19.2. The van der Waals surface area contributed by atoms with Crippen molar-refractivity contribution in [1.82, 2.24) is 14.5 Å². The van der Waals surface area contributed by atoms with E-state index in [9.17, 15) is 4.79 Å². The highest BCUT2D eigenvalue weighted by Gasteiger charge is 2.24. The van der Waals surface area contributed by atoms with Crippen molar-refractivity contribution < 1.29 is 4.79 Å². The Labute approximate surface area is 272 Å². The lowest BCUT2D eigenvalue weighted by Gasteiger charge is -2.23. The number of carbonyl (C=O) groups is 1. The maximum absolute atomic E-state index is 12.8. The fraction of sp³-hybridized carbons (Fsp3) is 0.375. The van der Waals surface area contributed by atoms with E-state index in [1.54, 1.807) is 0 Å². The van der Waals surface area contributed by atoms with E-state index in [1.807, 2.05) is 0 Å². The maximum Gasteiger partial charge on any atom is 0.227 e. The predicted octanol–water partition coefficient (Wildman–Crippen LogP) is 9.50. The van der Waals surface area contributed by atoms with Crippen LogP contribution in [0.1, 0.15) is 74.9 Å². The molecule has 6 heteroatoms. The van der Waals surface area contributed by atoms with Gasteiger partial charge in [0.15, 0.2) is 0 Å². The SMILES string of the molecule is Cc1cc2c(c(C)c1N)c1ccccc1n2C(C)C.Cc1cc2c(c(C)c1NC(=O)C1CCNCC1)c1ccccc1n2C(C)C. The number of piperidine rings is 1. The molecule has 0 bridgehead atoms. The van der Waals surface area contributed by atoms with E-state index in [0.29, 0.717) is 12.1 Å². The van der Waals surface area contributed by atoms with Crippen LogP contribution in [-0.2, 0) is 4.79 Å². The highest BCUT2D eigenvalue weighted by atomic mass is 16.1. The lowest BCUT2D eigenvalue weighted by Crippen LogP contribution is -2.34. The third-order valence-electron chi connectivity index (χ3n) is 9.94. The molecule has 240 valence electrons. The van der Waals surface area contributed by atoms with Gasteiger partial charge in [0.05, 0.1) is 11.0 Å². The summed E-state index contributed by atoms with van der Waals surface area (Å²) in [6, 6.07) is 22.4. The lowest BCUT2D eigenvalue weighted by atomic mass is 9.96. The summed E-state index contributed by atoms with van der Waals surface area (Å²) in [4.78, 5) is 12.8. The fourth-order valence-corrected chi connectivity index (χ4v) is 7.66. The van der Waals surface area contributed by atoms with Crippen LogP contribution in [0, 0.1) is 33.6 Å². The molecule has 1 aliphatic rings. The summed E-state index contributed by atoms with van der Waals surface area (Å²) < 4.78 is 4.81. The molecule has 1 saturated heterocycles. The molecule has 4 N–H and O–H groups in total. The number of nitrogens with zero attached hydrogens (tertiary/aromatic N) is 2. The van der Waals surface area contributed by atoms with E-state index in [0.717, 1.165) is 48.4 Å². The van der Waals surface area contributed by atoms with Crippen molar-refractivity contribution in [2.24, 2.45) is 5.92 Å². The number of aromatic nitrogens is 2. The summed E-state index contributed by atoms with van der Waals surface area (Å²) in [6.07, 6.45) is 1.83. The molecular weight excluding hydrogens is 566 g/mol. The predicted molar refractivity (Wildman–Crippen MR) is 197 cm³/mol. The van der Waals surface area contributed by atoms with Gasteiger partial charge in [-0.3, -0.25) is 4.79 Å². The van der Waals surface area contributed by atoms with Gasteiger partial charge < -0.3 is 25.5 Å². The van der Waals surface area contributed by atoms with Crippen LogP contribution >= 0.6 is 0 Å². The monoisotopic (exact) mass is 615 g/mol. The molecule has 1 amide bonds. The van der Waals surface area contributed by atoms with Crippen LogP contribution in [0.2, 0.25) is 0 Å². The van der Waals surface area contributed by atoms with Gasteiger partial charge in [0.1, 0.15) is 0 Å². The maximum atomic E-state index is 12.8. The van der Waals surface area contributed by atoms with E-state index < -0.39 is 0 Å². The van der Waals surface area contributed by atoms with Crippen molar-refractivity contribution in [2.75, 3.05) is 24.1 Å². The second-order valence-corrected chi connectivity index (χ2v) is 13.7. The standard InChI is InChI=1S/C23H29N3O.C17H20N2/c1-14(2)26-19-8-6-5-7-18(19)21-16(4)22(15(3)13-20(21)26)25-23(27)17-9-11-24-12-10-17;1-10(2)19-14-8-6-5-7-13(14)16-12(4)17(18)11(3)9-15(16)19/h5-8,13-14,17,24H,9-12H2,1-4H3,(H,25,27);5-10H,18H2,1-4H3. The van der Waals surface area contributed by atoms with E-state index >= 15 is 0 Å². The summed E-state index contributed by atoms with van der Waals surface area (Å²) in [5.41, 5.74) is 17.9. The molecule has 0 radical (unpaired) electrons. The molecule has 2 aromatic heterocycles. The highest BCUT2D eigenvalue weighted by Crippen LogP contribution is 2.39. The largest absolute Gasteiger partial charge is 0.398 e. The molecule has 0 atom stereocenters. The minimum absolute atomic E-state index is 0.109. The van der Waals surface area contributed by atoms with Crippen molar-refractivity contribution in [2.45, 2.75) is 80.3 Å². The first-order chi connectivity index (χ1) is 22.0. The van der Waals surface area contributed by atoms with Crippen LogP contribution in [0.5, 0.6) is 0 Å². The van der Waals surface area contributed by atoms with Gasteiger partial charge in [0.25, 0.3) is 0 Å². The molecule has 3 heterocycles. The van der Waals surface area contributed by atoms with Crippen molar-refractivity contribution >= 4 is 60.9 Å². The van der Waals surface area contributed by atoms with E-state index in [1.165, 1.54) is 54.7 Å². The average molecular weight is 616 g/mol. The molecule has 1 fully saturated rings. The van der Waals surface area contributed by atoms with Gasteiger partial charge in [0, 0.05) is 62.0 Å². The van der Waals surface area contributed by atoms with Crippen LogP contribution in [0.3, 0.4) is 0 Å². The Morgan fingerprint density at radius 2 is 1.22 bits per heavy atom. The second kappa shape index (κ2) is 12.5. The minimum atomic E-state index is 0.109. The van der Waals surface area contributed by atoms with Crippen LogP contribution in [-0.4, -0.2) is 28.1 Å². The van der Waals surface area contributed by atoms with Crippen LogP contribution in [0.4, 0.5) is 11.4 Å². The number of nitrogen functional groups attached to an aromatic ring is 1. The molecule has 7 rings (SSSR count). The molecule has 0 saturated carbocycles. The Balaban J connectivity index is 0.000000172. The Kier molecular flexibility index (Phi) is 8.60. The average Bonchev–Trinajstić information content (AvgIpc) is 3.55. The molecule has 0 unspecified atom stereocenters. The number of hydrogen-bond donors (Lipinski definition) is 3. The van der Waals surface area contributed by atoms with Gasteiger partial charge >= 0.3 is 0 Å². The number of benzene rings is 4. The number of carbonyl (C=O) groups excluding carboxylic acids is 1. The first-order valence-electron chi connectivity index (χ1n) is 16.8. The quantitative estimate of drug-likeness (QED) is 0.173. The Morgan fingerprint density at radius 3 is 1.74 bits per heavy atom. The number of anilines is 2. The fourth-order valence-electron chi connectivity index (χ4n) is 7.66. The number of para-hydroxylation sites is 2. The summed E-state index contributed by atoms with van der Waals surface area (Å²) in [5.74, 6) is 0.271. The zero-order chi connectivity index (χ0) is 32.9. The molecule has 6 aromatic rings. The van der Waals surface area contributed by atoms with Gasteiger partial charge in [-0.1, -0.05) is 36.4 Å². The smallest absolute Gasteiger partial charge is 0.227 e. The number of nitrogens with two attached hydrogens (primary N) is 1. The van der Waals surface area contributed by atoms with Gasteiger partial charge in [-0.25, -0.2) is 0 Å². The van der Waals surface area contributed by atoms with Crippen LogP contribution in [0.15, 0.2) is 60.7 Å². The molecule has 0 aliphatic carbocycles. The first kappa shape index (κ1) is 31.7. The lowest BCUT2D eigenvalue weighted by molar-refractivity contribution is -0.120. The van der Waals surface area contributed by atoms with Crippen molar-refractivity contribution in [3.8, 4) is 0 Å². The molecule has 6 nitrogen and oxygen atoms in total. The number of hydrogen-bond acceptors (Lipinski definition) is 3. The van der Waals surface area contributed by atoms with Crippen molar-refractivity contribution in [3.63, 3.8) is 0 Å². The second-order valence-electron chi connectivity index (χ2n) is 13.7. The normalized spacial score (nSPS) is 14.1. The van der Waals surface area contributed by atoms with Crippen LogP contribution in [0.25, 0.3) is 43.6 Å². The van der Waals surface area contributed by atoms with Gasteiger partial charge in [-0.2, -0.15) is 0 Å². The molecular formula is C40H49N5O. The Bertz CT molecular complexity index is 2090. The molecule has 46 heavy (non-hydrogen) atoms. The number of aryl methyl sites for hydroxylation is 4. The topological polar surface area (TPSA) is 77.0 Å². The molecule has 4 aromatic carbocycles. The van der Waals surface area contributed by atoms with Gasteiger partial charge in [-0.15, -0.1) is 0 Å². The highest BCUT2D eigenvalue weighted by molar-refractivity contribution is 6.13. The summed E-state index contributed by atoms with van der Waals surface area (Å²) >= 11 is 0. The zero-order valence-corrected chi connectivity index (χ0v) is 28.7. The number of rotatable bonds is 4. The number of fused-ring (bicyclic) bond motifs is 6. The summed E-state index contributed by atoms with van der Waals surface area (Å²) in [7, 11) is 0. The van der Waals surface area contributed by atoms with Crippen LogP contribution < -0.4 is 16.4 Å². The van der Waals surface area contributed by atoms with E-state index in [2.05, 4.69) is 136 Å². The zero-order valence-electron chi connectivity index (χ0n) is 28.7. The molecule has 0 spiro atoms. The minimum Gasteiger partial charge on any atom is -0.398 e. The number of amides is 1. The Morgan fingerprint density at radius 1 is 0.739 bits per heavy atom. The third kappa shape index (κ3) is 5.32. The van der Waals surface area contributed by atoms with Crippen molar-refractivity contribution in [1.29, 1.82) is 0 Å². The van der Waals surface area contributed by atoms with E-state index in [4.69, 9.17) is 5.73 Å². The van der Waals surface area contributed by atoms with Gasteiger partial charge in [0.2, 0.25) is 5.91 Å². The first-order valence-corrected chi connectivity index (χ1v) is 16.8. The van der Waals surface area contributed by atoms with Crippen molar-refractivity contribution in [3.05, 3.63) is 82.9 Å².